The summed E-state index contributed by atoms with van der Waals surface area (Å²) in [4.78, 5) is 11.6. The van der Waals surface area contributed by atoms with Crippen LogP contribution in [-0.2, 0) is 6.42 Å². The average Bonchev–Trinajstić information content (AvgIpc) is 2.49. The molecule has 0 atom stereocenters. The maximum absolute atomic E-state index is 11.6. The summed E-state index contributed by atoms with van der Waals surface area (Å²) in [6.45, 7) is 2.89. The molecule has 0 radical (unpaired) electrons. The van der Waals surface area contributed by atoms with Crippen LogP contribution in [0.2, 0.25) is 0 Å². The lowest BCUT2D eigenvalue weighted by atomic mass is 10.1. The van der Waals surface area contributed by atoms with E-state index in [4.69, 9.17) is 0 Å². The lowest BCUT2D eigenvalue weighted by Crippen LogP contribution is -2.18. The Kier molecular flexibility index (Phi) is 4.77. The number of anilines is 1. The third-order valence-corrected chi connectivity index (χ3v) is 3.30. The van der Waals surface area contributed by atoms with E-state index in [1.807, 2.05) is 43.3 Å². The van der Waals surface area contributed by atoms with Crippen LogP contribution in [0, 0.1) is 6.92 Å². The van der Waals surface area contributed by atoms with Gasteiger partial charge < -0.3 is 10.6 Å². The molecule has 0 spiro atoms. The molecular formula is C17H20N2O. The van der Waals surface area contributed by atoms with E-state index in [0.717, 1.165) is 24.2 Å². The first-order chi connectivity index (χ1) is 9.70. The van der Waals surface area contributed by atoms with Gasteiger partial charge in [-0.1, -0.05) is 36.4 Å². The number of hydrogen-bond acceptors (Lipinski definition) is 2. The zero-order valence-corrected chi connectivity index (χ0v) is 11.9. The maximum atomic E-state index is 11.6. The SMILES string of the molecule is CNC(=O)c1ccc(C)c(NCCc2ccccc2)c1. The van der Waals surface area contributed by atoms with Crippen LogP contribution in [0.1, 0.15) is 21.5 Å². The molecule has 0 bridgehead atoms. The van der Waals surface area contributed by atoms with Gasteiger partial charge in [-0.05, 0) is 36.6 Å². The highest BCUT2D eigenvalue weighted by molar-refractivity contribution is 5.95. The van der Waals surface area contributed by atoms with E-state index in [2.05, 4.69) is 22.8 Å². The quantitative estimate of drug-likeness (QED) is 0.875. The summed E-state index contributed by atoms with van der Waals surface area (Å²) >= 11 is 0. The predicted octanol–water partition coefficient (Wildman–Crippen LogP) is 3.01. The molecule has 2 N–H and O–H groups in total. The van der Waals surface area contributed by atoms with Crippen molar-refractivity contribution in [2.24, 2.45) is 0 Å². The molecule has 0 fully saturated rings. The van der Waals surface area contributed by atoms with Crippen molar-refractivity contribution >= 4 is 11.6 Å². The van der Waals surface area contributed by atoms with Crippen LogP contribution in [0.15, 0.2) is 48.5 Å². The monoisotopic (exact) mass is 268 g/mol. The maximum Gasteiger partial charge on any atom is 0.251 e. The molecule has 3 heteroatoms. The zero-order valence-electron chi connectivity index (χ0n) is 11.9. The molecule has 0 unspecified atom stereocenters. The molecule has 104 valence electrons. The second-order valence-electron chi connectivity index (χ2n) is 4.77. The van der Waals surface area contributed by atoms with Gasteiger partial charge in [-0.25, -0.2) is 0 Å². The van der Waals surface area contributed by atoms with Gasteiger partial charge in [0.2, 0.25) is 0 Å². The first kappa shape index (κ1) is 14.1. The van der Waals surface area contributed by atoms with Crippen molar-refractivity contribution in [2.75, 3.05) is 18.9 Å². The van der Waals surface area contributed by atoms with Crippen LogP contribution < -0.4 is 10.6 Å². The number of carbonyl (C=O) groups excluding carboxylic acids is 1. The van der Waals surface area contributed by atoms with E-state index >= 15 is 0 Å². The van der Waals surface area contributed by atoms with Crippen molar-refractivity contribution in [3.63, 3.8) is 0 Å². The molecule has 2 aromatic carbocycles. The summed E-state index contributed by atoms with van der Waals surface area (Å²) in [7, 11) is 1.64. The Bertz CT molecular complexity index is 579. The minimum atomic E-state index is -0.0592. The van der Waals surface area contributed by atoms with Crippen molar-refractivity contribution in [3.05, 3.63) is 65.2 Å². The van der Waals surface area contributed by atoms with Crippen molar-refractivity contribution < 1.29 is 4.79 Å². The average molecular weight is 268 g/mol. The van der Waals surface area contributed by atoms with E-state index in [1.165, 1.54) is 5.56 Å². The molecule has 0 aliphatic carbocycles. The van der Waals surface area contributed by atoms with Crippen LogP contribution in [-0.4, -0.2) is 19.5 Å². The standard InChI is InChI=1S/C17H20N2O/c1-13-8-9-15(17(20)18-2)12-16(13)19-11-10-14-6-4-3-5-7-14/h3-9,12,19H,10-11H2,1-2H3,(H,18,20). The van der Waals surface area contributed by atoms with Gasteiger partial charge in [0.1, 0.15) is 0 Å². The van der Waals surface area contributed by atoms with E-state index < -0.39 is 0 Å². The Labute approximate surface area is 120 Å². The number of nitrogens with one attached hydrogen (secondary N) is 2. The molecule has 0 saturated heterocycles. The zero-order chi connectivity index (χ0) is 14.4. The Hall–Kier alpha value is -2.29. The van der Waals surface area contributed by atoms with Gasteiger partial charge >= 0.3 is 0 Å². The second-order valence-corrected chi connectivity index (χ2v) is 4.77. The first-order valence-corrected chi connectivity index (χ1v) is 6.81. The number of benzene rings is 2. The minimum absolute atomic E-state index is 0.0592. The summed E-state index contributed by atoms with van der Waals surface area (Å²) in [5.74, 6) is -0.0592. The van der Waals surface area contributed by atoms with Crippen LogP contribution >= 0.6 is 0 Å². The third-order valence-electron chi connectivity index (χ3n) is 3.30. The van der Waals surface area contributed by atoms with Gasteiger partial charge in [0, 0.05) is 24.8 Å². The number of rotatable bonds is 5. The lowest BCUT2D eigenvalue weighted by Gasteiger charge is -2.11. The van der Waals surface area contributed by atoms with Crippen LogP contribution in [0.25, 0.3) is 0 Å². The number of amides is 1. The molecule has 3 nitrogen and oxygen atoms in total. The van der Waals surface area contributed by atoms with Crippen LogP contribution in [0.4, 0.5) is 5.69 Å². The largest absolute Gasteiger partial charge is 0.384 e. The number of carbonyl (C=O) groups is 1. The first-order valence-electron chi connectivity index (χ1n) is 6.81. The van der Waals surface area contributed by atoms with Crippen molar-refractivity contribution in [1.29, 1.82) is 0 Å². The second kappa shape index (κ2) is 6.75. The molecule has 0 aliphatic rings. The Balaban J connectivity index is 2.00. The molecule has 0 saturated carbocycles. The Morgan fingerprint density at radius 3 is 2.55 bits per heavy atom. The highest BCUT2D eigenvalue weighted by Gasteiger charge is 2.05. The van der Waals surface area contributed by atoms with Gasteiger partial charge in [-0.3, -0.25) is 4.79 Å². The van der Waals surface area contributed by atoms with E-state index in [9.17, 15) is 4.79 Å². The van der Waals surface area contributed by atoms with Crippen LogP contribution in [0.3, 0.4) is 0 Å². The smallest absolute Gasteiger partial charge is 0.251 e. The fourth-order valence-electron chi connectivity index (χ4n) is 2.08. The minimum Gasteiger partial charge on any atom is -0.384 e. The topological polar surface area (TPSA) is 41.1 Å². The van der Waals surface area contributed by atoms with E-state index in [-0.39, 0.29) is 5.91 Å². The summed E-state index contributed by atoms with van der Waals surface area (Å²) in [6, 6.07) is 16.1. The van der Waals surface area contributed by atoms with Crippen molar-refractivity contribution in [2.45, 2.75) is 13.3 Å². The fraction of sp³-hybridized carbons (Fsp3) is 0.235. The summed E-state index contributed by atoms with van der Waals surface area (Å²) < 4.78 is 0. The van der Waals surface area contributed by atoms with Gasteiger partial charge in [-0.2, -0.15) is 0 Å². The number of aryl methyl sites for hydroxylation is 1. The Morgan fingerprint density at radius 2 is 1.85 bits per heavy atom. The molecule has 1 amide bonds. The summed E-state index contributed by atoms with van der Waals surface area (Å²) in [6.07, 6.45) is 0.963. The normalized spacial score (nSPS) is 10.1. The third kappa shape index (κ3) is 3.60. The van der Waals surface area contributed by atoms with Gasteiger partial charge in [-0.15, -0.1) is 0 Å². The molecule has 20 heavy (non-hydrogen) atoms. The van der Waals surface area contributed by atoms with E-state index in [0.29, 0.717) is 5.56 Å². The Morgan fingerprint density at radius 1 is 1.10 bits per heavy atom. The molecule has 2 rings (SSSR count). The van der Waals surface area contributed by atoms with Crippen molar-refractivity contribution in [3.8, 4) is 0 Å². The molecule has 0 aromatic heterocycles. The molecular weight excluding hydrogens is 248 g/mol. The molecule has 0 heterocycles. The fourth-order valence-corrected chi connectivity index (χ4v) is 2.08. The van der Waals surface area contributed by atoms with Gasteiger partial charge in [0.05, 0.1) is 0 Å². The van der Waals surface area contributed by atoms with E-state index in [1.54, 1.807) is 7.05 Å². The van der Waals surface area contributed by atoms with Gasteiger partial charge in [0.25, 0.3) is 5.91 Å². The predicted molar refractivity (Wildman–Crippen MR) is 83.2 cm³/mol. The highest BCUT2D eigenvalue weighted by atomic mass is 16.1. The van der Waals surface area contributed by atoms with Crippen molar-refractivity contribution in [1.82, 2.24) is 5.32 Å². The molecule has 0 aliphatic heterocycles. The van der Waals surface area contributed by atoms with Gasteiger partial charge in [0.15, 0.2) is 0 Å². The van der Waals surface area contributed by atoms with Crippen LogP contribution in [0.5, 0.6) is 0 Å². The highest BCUT2D eigenvalue weighted by Crippen LogP contribution is 2.17. The summed E-state index contributed by atoms with van der Waals surface area (Å²) in [5.41, 5.74) is 4.15. The number of hydrogen-bond donors (Lipinski definition) is 2. The molecule has 2 aromatic rings. The lowest BCUT2D eigenvalue weighted by molar-refractivity contribution is 0.0963. The summed E-state index contributed by atoms with van der Waals surface area (Å²) in [5, 5.41) is 6.04.